The third kappa shape index (κ3) is 5.29. The van der Waals surface area contributed by atoms with E-state index in [-0.39, 0.29) is 18.6 Å². The molecular weight excluding hydrogens is 364 g/mol. The quantitative estimate of drug-likeness (QED) is 0.708. The van der Waals surface area contributed by atoms with Gasteiger partial charge in [0.15, 0.2) is 6.61 Å². The Balaban J connectivity index is 1.52. The smallest absolute Gasteiger partial charge is 0.338 e. The second-order valence-corrected chi connectivity index (χ2v) is 7.74. The summed E-state index contributed by atoms with van der Waals surface area (Å²) in [7, 11) is 0. The molecule has 144 valence electrons. The molecule has 0 spiro atoms. The normalized spacial score (nSPS) is 16.8. The second kappa shape index (κ2) is 8.99. The molecule has 3 rings (SSSR count). The van der Waals surface area contributed by atoms with E-state index in [0.717, 1.165) is 36.5 Å². The van der Waals surface area contributed by atoms with Crippen LogP contribution in [0.1, 0.15) is 47.2 Å². The van der Waals surface area contributed by atoms with Crippen LogP contribution in [0.15, 0.2) is 29.6 Å². The summed E-state index contributed by atoms with van der Waals surface area (Å²) >= 11 is 1.57. The van der Waals surface area contributed by atoms with Crippen molar-refractivity contribution < 1.29 is 19.1 Å². The van der Waals surface area contributed by atoms with E-state index in [1.807, 2.05) is 19.2 Å². The number of benzene rings is 1. The van der Waals surface area contributed by atoms with E-state index >= 15 is 0 Å². The fraction of sp³-hybridized carbons (Fsp3) is 0.450. The fourth-order valence-corrected chi connectivity index (χ4v) is 3.70. The lowest BCUT2D eigenvalue weighted by Crippen LogP contribution is -2.44. The third-order valence-electron chi connectivity index (χ3n) is 4.57. The van der Waals surface area contributed by atoms with Gasteiger partial charge in [-0.1, -0.05) is 6.07 Å². The molecule has 1 amide bonds. The molecule has 7 heteroatoms. The van der Waals surface area contributed by atoms with Crippen molar-refractivity contribution in [3.63, 3.8) is 0 Å². The first-order valence-corrected chi connectivity index (χ1v) is 10.0. The first-order valence-electron chi connectivity index (χ1n) is 9.13. The summed E-state index contributed by atoms with van der Waals surface area (Å²) in [5.41, 5.74) is 1.22. The summed E-state index contributed by atoms with van der Waals surface area (Å²) in [6.45, 7) is 4.82. The van der Waals surface area contributed by atoms with Gasteiger partial charge in [0.2, 0.25) is 0 Å². The van der Waals surface area contributed by atoms with Crippen molar-refractivity contribution in [3.8, 4) is 5.75 Å². The van der Waals surface area contributed by atoms with E-state index in [9.17, 15) is 9.59 Å². The number of hydrogen-bond donors (Lipinski definition) is 0. The molecule has 2 heterocycles. The van der Waals surface area contributed by atoms with Crippen LogP contribution in [0.3, 0.4) is 0 Å². The van der Waals surface area contributed by atoms with Gasteiger partial charge in [-0.15, -0.1) is 11.3 Å². The van der Waals surface area contributed by atoms with Crippen molar-refractivity contribution in [3.05, 3.63) is 45.9 Å². The van der Waals surface area contributed by atoms with Gasteiger partial charge in [0.05, 0.1) is 16.3 Å². The highest BCUT2D eigenvalue weighted by Crippen LogP contribution is 2.18. The molecule has 1 aliphatic rings. The Hall–Kier alpha value is -2.41. The Morgan fingerprint density at radius 2 is 2.19 bits per heavy atom. The zero-order valence-electron chi connectivity index (χ0n) is 15.6. The predicted octanol–water partition coefficient (Wildman–Crippen LogP) is 3.59. The minimum Gasteiger partial charge on any atom is -0.487 e. The number of piperidine rings is 1. The van der Waals surface area contributed by atoms with Gasteiger partial charge in [0.25, 0.3) is 5.91 Å². The third-order valence-corrected chi connectivity index (χ3v) is 5.40. The van der Waals surface area contributed by atoms with Gasteiger partial charge in [-0.25, -0.2) is 9.78 Å². The van der Waals surface area contributed by atoms with E-state index in [4.69, 9.17) is 9.47 Å². The minimum absolute atomic E-state index is 0.137. The molecular formula is C20H24N2O4S. The number of carbonyl (C=O) groups is 2. The lowest BCUT2D eigenvalue weighted by atomic mass is 10.0. The molecule has 1 unspecified atom stereocenters. The van der Waals surface area contributed by atoms with E-state index in [2.05, 4.69) is 4.98 Å². The van der Waals surface area contributed by atoms with Crippen LogP contribution in [0.4, 0.5) is 0 Å². The Morgan fingerprint density at radius 1 is 1.33 bits per heavy atom. The monoisotopic (exact) mass is 388 g/mol. The second-order valence-electron chi connectivity index (χ2n) is 6.68. The van der Waals surface area contributed by atoms with E-state index < -0.39 is 5.97 Å². The molecule has 0 bridgehead atoms. The van der Waals surface area contributed by atoms with E-state index in [0.29, 0.717) is 17.9 Å². The first kappa shape index (κ1) is 19.4. The summed E-state index contributed by atoms with van der Waals surface area (Å²) in [6, 6.07) is 6.98. The van der Waals surface area contributed by atoms with Gasteiger partial charge in [-0.3, -0.25) is 4.79 Å². The minimum atomic E-state index is -0.525. The van der Waals surface area contributed by atoms with Crippen LogP contribution in [-0.4, -0.2) is 41.0 Å². The number of rotatable bonds is 6. The van der Waals surface area contributed by atoms with Gasteiger partial charge >= 0.3 is 5.97 Å². The summed E-state index contributed by atoms with van der Waals surface area (Å²) < 4.78 is 10.9. The van der Waals surface area contributed by atoms with Gasteiger partial charge in [0, 0.05) is 18.0 Å². The number of aromatic nitrogens is 1. The summed E-state index contributed by atoms with van der Waals surface area (Å²) in [6.07, 6.45) is 3.14. The molecule has 0 saturated carbocycles. The Bertz CT molecular complexity index is 805. The number of esters is 1. The molecule has 1 aromatic carbocycles. The predicted molar refractivity (Wildman–Crippen MR) is 103 cm³/mol. The molecule has 1 aliphatic heterocycles. The number of nitrogens with zero attached hydrogens (tertiary/aromatic N) is 2. The van der Waals surface area contributed by atoms with Crippen molar-refractivity contribution in [2.24, 2.45) is 0 Å². The standard InChI is InChI=1S/C20H24N2O4S/c1-14-6-3-4-9-22(14)19(23)12-26-20(24)16-7-5-8-18(10-16)25-11-17-13-27-15(2)21-17/h5,7-8,10,13-14H,3-4,6,9,11-12H2,1-2H3. The van der Waals surface area contributed by atoms with Crippen LogP contribution in [0, 0.1) is 6.92 Å². The number of aryl methyl sites for hydroxylation is 1. The highest BCUT2D eigenvalue weighted by Gasteiger charge is 2.24. The molecule has 6 nitrogen and oxygen atoms in total. The van der Waals surface area contributed by atoms with Crippen molar-refractivity contribution in [1.82, 2.24) is 9.88 Å². The maximum Gasteiger partial charge on any atom is 0.338 e. The molecule has 0 radical (unpaired) electrons. The van der Waals surface area contributed by atoms with Crippen LogP contribution in [0.2, 0.25) is 0 Å². The Morgan fingerprint density at radius 3 is 2.93 bits per heavy atom. The molecule has 1 atom stereocenters. The van der Waals surface area contributed by atoms with Crippen molar-refractivity contribution >= 4 is 23.2 Å². The van der Waals surface area contributed by atoms with Crippen LogP contribution in [0.25, 0.3) is 0 Å². The van der Waals surface area contributed by atoms with Crippen molar-refractivity contribution in [2.75, 3.05) is 13.2 Å². The fourth-order valence-electron chi connectivity index (χ4n) is 3.11. The van der Waals surface area contributed by atoms with Crippen molar-refractivity contribution in [1.29, 1.82) is 0 Å². The lowest BCUT2D eigenvalue weighted by Gasteiger charge is -2.33. The number of amides is 1. The van der Waals surface area contributed by atoms with E-state index in [1.54, 1.807) is 40.5 Å². The molecule has 27 heavy (non-hydrogen) atoms. The molecule has 1 saturated heterocycles. The van der Waals surface area contributed by atoms with Crippen LogP contribution >= 0.6 is 11.3 Å². The SMILES string of the molecule is Cc1nc(COc2cccc(C(=O)OCC(=O)N3CCCCC3C)c2)cs1. The first-order chi connectivity index (χ1) is 13.0. The average molecular weight is 388 g/mol. The van der Waals surface area contributed by atoms with Gasteiger partial charge in [0.1, 0.15) is 12.4 Å². The number of carbonyl (C=O) groups excluding carboxylic acids is 2. The topological polar surface area (TPSA) is 68.7 Å². The number of thiazole rings is 1. The lowest BCUT2D eigenvalue weighted by molar-refractivity contribution is -0.137. The number of hydrogen-bond acceptors (Lipinski definition) is 6. The molecule has 0 aliphatic carbocycles. The van der Waals surface area contributed by atoms with Crippen LogP contribution in [0.5, 0.6) is 5.75 Å². The maximum absolute atomic E-state index is 12.3. The highest BCUT2D eigenvalue weighted by atomic mass is 32.1. The number of ether oxygens (including phenoxy) is 2. The molecule has 1 fully saturated rings. The Labute approximate surface area is 163 Å². The maximum atomic E-state index is 12.3. The van der Waals surface area contributed by atoms with Crippen LogP contribution in [-0.2, 0) is 16.1 Å². The molecule has 2 aromatic rings. The van der Waals surface area contributed by atoms with Gasteiger partial charge < -0.3 is 14.4 Å². The summed E-state index contributed by atoms with van der Waals surface area (Å²) in [5, 5.41) is 2.93. The highest BCUT2D eigenvalue weighted by molar-refractivity contribution is 7.09. The number of likely N-dealkylation sites (tertiary alicyclic amines) is 1. The van der Waals surface area contributed by atoms with Gasteiger partial charge in [-0.05, 0) is 51.3 Å². The van der Waals surface area contributed by atoms with Crippen LogP contribution < -0.4 is 4.74 Å². The summed E-state index contributed by atoms with van der Waals surface area (Å²) in [4.78, 5) is 30.7. The largest absolute Gasteiger partial charge is 0.487 e. The molecule has 1 aromatic heterocycles. The van der Waals surface area contributed by atoms with Gasteiger partial charge in [-0.2, -0.15) is 0 Å². The van der Waals surface area contributed by atoms with E-state index in [1.165, 1.54) is 0 Å². The average Bonchev–Trinajstić information content (AvgIpc) is 3.10. The summed E-state index contributed by atoms with van der Waals surface area (Å²) in [5.74, 6) is -0.101. The molecule has 0 N–H and O–H groups in total. The zero-order valence-corrected chi connectivity index (χ0v) is 16.5. The zero-order chi connectivity index (χ0) is 19.2. The Kier molecular flexibility index (Phi) is 6.45. The van der Waals surface area contributed by atoms with Crippen molar-refractivity contribution in [2.45, 2.75) is 45.8 Å².